The van der Waals surface area contributed by atoms with Crippen molar-refractivity contribution in [3.05, 3.63) is 17.5 Å². The number of aliphatic hydroxyl groups excluding tert-OH is 1. The van der Waals surface area contributed by atoms with Gasteiger partial charge in [0.1, 0.15) is 6.54 Å². The van der Waals surface area contributed by atoms with Crippen LogP contribution < -0.4 is 0 Å². The highest BCUT2D eigenvalue weighted by atomic mass is 32.1. The highest BCUT2D eigenvalue weighted by Crippen LogP contribution is 2.19. The molecule has 102 valence electrons. The monoisotopic (exact) mass is 281 g/mol. The van der Waals surface area contributed by atoms with E-state index in [4.69, 9.17) is 0 Å². The predicted molar refractivity (Wildman–Crippen MR) is 70.4 cm³/mol. The lowest BCUT2D eigenvalue weighted by atomic mass is 10.3. The maximum atomic E-state index is 11.8. The van der Waals surface area contributed by atoms with Crippen LogP contribution in [0, 0.1) is 0 Å². The van der Waals surface area contributed by atoms with Crippen LogP contribution in [0.15, 0.2) is 17.5 Å². The molecule has 19 heavy (non-hydrogen) atoms. The van der Waals surface area contributed by atoms with Gasteiger partial charge >= 0.3 is 0 Å². The zero-order valence-electron chi connectivity index (χ0n) is 10.7. The normalized spacial score (nSPS) is 12.4. The molecule has 1 atom stereocenters. The van der Waals surface area contributed by atoms with E-state index < -0.39 is 6.10 Å². The predicted octanol–water partition coefficient (Wildman–Crippen LogP) is 0.241. The van der Waals surface area contributed by atoms with E-state index in [0.29, 0.717) is 5.82 Å². The molecule has 0 saturated heterocycles. The van der Waals surface area contributed by atoms with Crippen molar-refractivity contribution in [3.8, 4) is 10.7 Å². The van der Waals surface area contributed by atoms with E-state index in [2.05, 4.69) is 15.4 Å². The fourth-order valence-corrected chi connectivity index (χ4v) is 2.20. The van der Waals surface area contributed by atoms with E-state index in [9.17, 15) is 9.90 Å². The molecule has 0 saturated carbocycles. The minimum Gasteiger partial charge on any atom is -0.392 e. The molecule has 0 aliphatic rings. The number of nitrogens with zero attached hydrogens (tertiary/aromatic N) is 5. The van der Waals surface area contributed by atoms with Gasteiger partial charge in [-0.25, -0.2) is 0 Å². The first-order chi connectivity index (χ1) is 9.06. The minimum absolute atomic E-state index is 0.0155. The zero-order chi connectivity index (χ0) is 13.8. The third kappa shape index (κ3) is 3.58. The Labute approximate surface area is 114 Å². The van der Waals surface area contributed by atoms with Crippen molar-refractivity contribution < 1.29 is 9.90 Å². The Balaban J connectivity index is 1.98. The standard InChI is InChI=1S/C11H15N5O2S/c1-8(17)6-15(2)10(18)7-16-13-11(12-14-16)9-4-3-5-19-9/h3-5,8,17H,6-7H2,1-2H3. The lowest BCUT2D eigenvalue weighted by Gasteiger charge is -2.17. The van der Waals surface area contributed by atoms with Crippen molar-refractivity contribution in [2.45, 2.75) is 19.6 Å². The third-order valence-electron chi connectivity index (χ3n) is 2.43. The summed E-state index contributed by atoms with van der Waals surface area (Å²) in [5, 5.41) is 23.1. The minimum atomic E-state index is -0.556. The topological polar surface area (TPSA) is 84.1 Å². The fraction of sp³-hybridized carbons (Fsp3) is 0.455. The molecule has 1 unspecified atom stereocenters. The highest BCUT2D eigenvalue weighted by Gasteiger charge is 2.14. The van der Waals surface area contributed by atoms with Crippen molar-refractivity contribution in [2.24, 2.45) is 0 Å². The molecule has 8 heteroatoms. The zero-order valence-corrected chi connectivity index (χ0v) is 11.5. The molecular formula is C11H15N5O2S. The molecule has 0 aliphatic heterocycles. The van der Waals surface area contributed by atoms with Gasteiger partial charge < -0.3 is 10.0 Å². The Hall–Kier alpha value is -1.80. The molecule has 2 aromatic rings. The summed E-state index contributed by atoms with van der Waals surface area (Å²) in [6.07, 6.45) is -0.556. The number of carbonyl (C=O) groups is 1. The molecule has 2 heterocycles. The van der Waals surface area contributed by atoms with Crippen molar-refractivity contribution >= 4 is 17.2 Å². The summed E-state index contributed by atoms with van der Waals surface area (Å²) in [6.45, 7) is 1.93. The maximum Gasteiger partial charge on any atom is 0.246 e. The number of hydrogen-bond acceptors (Lipinski definition) is 6. The van der Waals surface area contributed by atoms with Crippen LogP contribution in [0.5, 0.6) is 0 Å². The number of amides is 1. The van der Waals surface area contributed by atoms with Gasteiger partial charge in [0.15, 0.2) is 0 Å². The molecule has 0 radical (unpaired) electrons. The first-order valence-electron chi connectivity index (χ1n) is 5.80. The number of rotatable bonds is 5. The molecule has 2 rings (SSSR count). The van der Waals surface area contributed by atoms with Crippen molar-refractivity contribution in [2.75, 3.05) is 13.6 Å². The SMILES string of the molecule is CC(O)CN(C)C(=O)Cn1nnc(-c2cccs2)n1. The van der Waals surface area contributed by atoms with Gasteiger partial charge in [0.25, 0.3) is 0 Å². The van der Waals surface area contributed by atoms with Gasteiger partial charge in [-0.3, -0.25) is 4.79 Å². The molecule has 2 aromatic heterocycles. The van der Waals surface area contributed by atoms with E-state index in [1.807, 2.05) is 17.5 Å². The second-order valence-electron chi connectivity index (χ2n) is 4.24. The Bertz CT molecular complexity index is 537. The number of aromatic nitrogens is 4. The average molecular weight is 281 g/mol. The first kappa shape index (κ1) is 13.6. The number of thiophene rings is 1. The molecule has 0 fully saturated rings. The molecule has 0 spiro atoms. The summed E-state index contributed by atoms with van der Waals surface area (Å²) in [4.78, 5) is 15.4. The lowest BCUT2D eigenvalue weighted by molar-refractivity contribution is -0.132. The molecule has 1 N–H and O–H groups in total. The van der Waals surface area contributed by atoms with E-state index >= 15 is 0 Å². The molecule has 0 aromatic carbocycles. The van der Waals surface area contributed by atoms with Crippen molar-refractivity contribution in [1.29, 1.82) is 0 Å². The van der Waals surface area contributed by atoms with E-state index in [-0.39, 0.29) is 19.0 Å². The number of tetrazole rings is 1. The molecular weight excluding hydrogens is 266 g/mol. The summed E-state index contributed by atoms with van der Waals surface area (Å²) >= 11 is 1.52. The van der Waals surface area contributed by atoms with Gasteiger partial charge in [0, 0.05) is 13.6 Å². The molecule has 0 aliphatic carbocycles. The summed E-state index contributed by atoms with van der Waals surface area (Å²) in [6, 6.07) is 3.80. The maximum absolute atomic E-state index is 11.8. The van der Waals surface area contributed by atoms with Gasteiger partial charge in [-0.15, -0.1) is 21.5 Å². The second-order valence-corrected chi connectivity index (χ2v) is 5.19. The van der Waals surface area contributed by atoms with Crippen LogP contribution in [-0.2, 0) is 11.3 Å². The van der Waals surface area contributed by atoms with Crippen molar-refractivity contribution in [3.63, 3.8) is 0 Å². The number of likely N-dealkylation sites (N-methyl/N-ethyl adjacent to an activating group) is 1. The van der Waals surface area contributed by atoms with Gasteiger partial charge in [-0.2, -0.15) is 4.80 Å². The van der Waals surface area contributed by atoms with E-state index in [1.165, 1.54) is 21.0 Å². The van der Waals surface area contributed by atoms with Crippen molar-refractivity contribution in [1.82, 2.24) is 25.1 Å². The molecule has 7 nitrogen and oxygen atoms in total. The second kappa shape index (κ2) is 5.89. The smallest absolute Gasteiger partial charge is 0.246 e. The Morgan fingerprint density at radius 2 is 2.42 bits per heavy atom. The van der Waals surface area contributed by atoms with Gasteiger partial charge in [0.2, 0.25) is 11.7 Å². The van der Waals surface area contributed by atoms with Crippen LogP contribution in [0.2, 0.25) is 0 Å². The van der Waals surface area contributed by atoms with Crippen LogP contribution in [0.25, 0.3) is 10.7 Å². The van der Waals surface area contributed by atoms with Gasteiger partial charge in [0.05, 0.1) is 11.0 Å². The summed E-state index contributed by atoms with van der Waals surface area (Å²) in [5.74, 6) is 0.344. The third-order valence-corrected chi connectivity index (χ3v) is 3.30. The van der Waals surface area contributed by atoms with Crippen LogP contribution in [0.1, 0.15) is 6.92 Å². The number of aliphatic hydroxyl groups is 1. The molecule has 0 bridgehead atoms. The lowest BCUT2D eigenvalue weighted by Crippen LogP contribution is -2.35. The summed E-state index contributed by atoms with van der Waals surface area (Å²) < 4.78 is 0. The van der Waals surface area contributed by atoms with Gasteiger partial charge in [-0.05, 0) is 23.6 Å². The van der Waals surface area contributed by atoms with Crippen LogP contribution >= 0.6 is 11.3 Å². The summed E-state index contributed by atoms with van der Waals surface area (Å²) in [5.41, 5.74) is 0. The van der Waals surface area contributed by atoms with Crippen LogP contribution in [-0.4, -0.2) is 55.8 Å². The van der Waals surface area contributed by atoms with E-state index in [0.717, 1.165) is 4.88 Å². The Morgan fingerprint density at radius 3 is 3.05 bits per heavy atom. The van der Waals surface area contributed by atoms with E-state index in [1.54, 1.807) is 14.0 Å². The first-order valence-corrected chi connectivity index (χ1v) is 6.68. The Morgan fingerprint density at radius 1 is 1.63 bits per heavy atom. The van der Waals surface area contributed by atoms with Gasteiger partial charge in [-0.1, -0.05) is 6.07 Å². The molecule has 1 amide bonds. The quantitative estimate of drug-likeness (QED) is 0.848. The number of carbonyl (C=O) groups excluding carboxylic acids is 1. The average Bonchev–Trinajstić information content (AvgIpc) is 2.96. The Kier molecular flexibility index (Phi) is 4.23. The van der Waals surface area contributed by atoms with Crippen LogP contribution in [0.4, 0.5) is 0 Å². The number of hydrogen-bond donors (Lipinski definition) is 1. The summed E-state index contributed by atoms with van der Waals surface area (Å²) in [7, 11) is 1.63. The van der Waals surface area contributed by atoms with Crippen LogP contribution in [0.3, 0.4) is 0 Å². The largest absolute Gasteiger partial charge is 0.392 e. The fourth-order valence-electron chi connectivity index (χ4n) is 1.55. The highest BCUT2D eigenvalue weighted by molar-refractivity contribution is 7.13.